The zero-order chi connectivity index (χ0) is 24.7. The number of carbonyl (C=O) groups excluding carboxylic acids is 2. The van der Waals surface area contributed by atoms with Crippen molar-refractivity contribution in [2.75, 3.05) is 17.7 Å². The summed E-state index contributed by atoms with van der Waals surface area (Å²) >= 11 is 0. The van der Waals surface area contributed by atoms with E-state index in [0.717, 1.165) is 34.9 Å². The fraction of sp³-hybridized carbons (Fsp3) is 0.280. The number of rotatable bonds is 7. The Bertz CT molecular complexity index is 1180. The molecule has 0 unspecified atom stereocenters. The van der Waals surface area contributed by atoms with Gasteiger partial charge in [-0.15, -0.1) is 0 Å². The number of nitrogens with zero attached hydrogens (tertiary/aromatic N) is 3. The van der Waals surface area contributed by atoms with Crippen molar-refractivity contribution in [2.45, 2.75) is 40.8 Å². The molecule has 9 nitrogen and oxygen atoms in total. The molecule has 0 atom stereocenters. The van der Waals surface area contributed by atoms with Crippen molar-refractivity contribution in [1.29, 1.82) is 0 Å². The molecule has 34 heavy (non-hydrogen) atoms. The summed E-state index contributed by atoms with van der Waals surface area (Å²) < 4.78 is 7.15. The number of aliphatic imine (C=N–C) groups is 1. The van der Waals surface area contributed by atoms with E-state index in [1.54, 1.807) is 31.4 Å². The first-order valence-corrected chi connectivity index (χ1v) is 11.0. The number of nitrogens with one attached hydrogen (secondary N) is 3. The van der Waals surface area contributed by atoms with Gasteiger partial charge in [-0.05, 0) is 69.3 Å². The molecule has 9 heteroatoms. The number of ether oxygens (including phenoxy) is 1. The van der Waals surface area contributed by atoms with Crippen molar-refractivity contribution < 1.29 is 14.3 Å². The van der Waals surface area contributed by atoms with Gasteiger partial charge >= 0.3 is 0 Å². The summed E-state index contributed by atoms with van der Waals surface area (Å²) in [7, 11) is 1.61. The zero-order valence-electron chi connectivity index (χ0n) is 20.1. The summed E-state index contributed by atoms with van der Waals surface area (Å²) in [4.78, 5) is 28.8. The smallest absolute Gasteiger partial charge is 0.257 e. The lowest BCUT2D eigenvalue weighted by atomic mass is 10.2. The molecule has 3 rings (SSSR count). The van der Waals surface area contributed by atoms with Crippen LogP contribution in [0.1, 0.15) is 41.2 Å². The normalized spacial score (nSPS) is 11.1. The predicted molar refractivity (Wildman–Crippen MR) is 133 cm³/mol. The summed E-state index contributed by atoms with van der Waals surface area (Å²) in [6, 6.07) is 14.0. The van der Waals surface area contributed by atoms with Gasteiger partial charge in [0, 0.05) is 41.7 Å². The van der Waals surface area contributed by atoms with Crippen molar-refractivity contribution in [3.05, 3.63) is 71.0 Å². The van der Waals surface area contributed by atoms with Crippen molar-refractivity contribution in [3.8, 4) is 5.75 Å². The zero-order valence-corrected chi connectivity index (χ0v) is 20.1. The average Bonchev–Trinajstić information content (AvgIpc) is 3.10. The molecule has 2 amide bonds. The van der Waals surface area contributed by atoms with Crippen molar-refractivity contribution in [3.63, 3.8) is 0 Å². The largest absolute Gasteiger partial charge is 0.497 e. The highest BCUT2D eigenvalue weighted by Gasteiger charge is 2.13. The topological polar surface area (TPSA) is 110 Å². The molecule has 3 aromatic rings. The molecule has 0 aliphatic carbocycles. The summed E-state index contributed by atoms with van der Waals surface area (Å²) in [5.41, 5.74) is 4.78. The van der Waals surface area contributed by atoms with Crippen LogP contribution < -0.4 is 20.7 Å². The van der Waals surface area contributed by atoms with Crippen LogP contribution in [0.2, 0.25) is 0 Å². The van der Waals surface area contributed by atoms with Gasteiger partial charge < -0.3 is 15.4 Å². The van der Waals surface area contributed by atoms with E-state index in [0.29, 0.717) is 23.8 Å². The molecule has 0 aliphatic rings. The van der Waals surface area contributed by atoms with E-state index in [9.17, 15) is 9.59 Å². The maximum atomic E-state index is 12.9. The first-order valence-electron chi connectivity index (χ1n) is 11.0. The number of methoxy groups -OCH3 is 1. The minimum absolute atomic E-state index is 0.174. The summed E-state index contributed by atoms with van der Waals surface area (Å²) in [5, 5.41) is 13.3. The van der Waals surface area contributed by atoms with Gasteiger partial charge in [0.15, 0.2) is 0 Å². The highest BCUT2D eigenvalue weighted by atomic mass is 16.5. The molecule has 1 aromatic heterocycles. The SMILES string of the molecule is CCn1nc(C)c(CN=C(NC(=O)c2ccc(NC(C)=O)cc2)Nc2ccc(OC)cc2)c1C. The summed E-state index contributed by atoms with van der Waals surface area (Å²) in [6.07, 6.45) is 0. The standard InChI is InChI=1S/C25H30N6O3/c1-6-31-17(3)23(16(2)30-31)15-26-25(28-21-11-13-22(34-5)14-12-21)29-24(33)19-7-9-20(10-8-19)27-18(4)32/h7-14H,6,15H2,1-5H3,(H,27,32)(H2,26,28,29,33). The molecule has 1 heterocycles. The van der Waals surface area contributed by atoms with Crippen LogP contribution in [0.15, 0.2) is 53.5 Å². The van der Waals surface area contributed by atoms with Crippen molar-refractivity contribution >= 4 is 29.1 Å². The Morgan fingerprint density at radius 2 is 1.62 bits per heavy atom. The Hall–Kier alpha value is -4.14. The van der Waals surface area contributed by atoms with Crippen LogP contribution in [-0.4, -0.2) is 34.7 Å². The predicted octanol–water partition coefficient (Wildman–Crippen LogP) is 3.88. The third kappa shape index (κ3) is 6.22. The summed E-state index contributed by atoms with van der Waals surface area (Å²) in [5.74, 6) is 0.536. The second-order valence-corrected chi connectivity index (χ2v) is 7.70. The molecule has 178 valence electrons. The Morgan fingerprint density at radius 3 is 2.18 bits per heavy atom. The maximum Gasteiger partial charge on any atom is 0.257 e. The number of anilines is 2. The van der Waals surface area contributed by atoms with Crippen LogP contribution in [0.5, 0.6) is 5.75 Å². The molecule has 0 bridgehead atoms. The molecule has 0 fully saturated rings. The lowest BCUT2D eigenvalue weighted by Crippen LogP contribution is -2.36. The first-order chi connectivity index (χ1) is 16.3. The summed E-state index contributed by atoms with van der Waals surface area (Å²) in [6.45, 7) is 8.58. The number of guanidine groups is 1. The lowest BCUT2D eigenvalue weighted by molar-refractivity contribution is -0.114. The Morgan fingerprint density at radius 1 is 1.00 bits per heavy atom. The van der Waals surface area contributed by atoms with E-state index >= 15 is 0 Å². The number of carbonyl (C=O) groups is 2. The van der Waals surface area contributed by atoms with Crippen LogP contribution in [-0.2, 0) is 17.9 Å². The second kappa shape index (κ2) is 11.1. The molecule has 0 radical (unpaired) electrons. The van der Waals surface area contributed by atoms with Gasteiger partial charge in [-0.1, -0.05) is 0 Å². The van der Waals surface area contributed by atoms with Crippen LogP contribution in [0.4, 0.5) is 11.4 Å². The minimum atomic E-state index is -0.327. The van der Waals surface area contributed by atoms with Crippen LogP contribution in [0.3, 0.4) is 0 Å². The van der Waals surface area contributed by atoms with Gasteiger partial charge in [-0.25, -0.2) is 4.99 Å². The second-order valence-electron chi connectivity index (χ2n) is 7.70. The molecule has 0 saturated carbocycles. The molecule has 0 aliphatic heterocycles. The molecule has 3 N–H and O–H groups in total. The fourth-order valence-corrected chi connectivity index (χ4v) is 3.44. The number of hydrogen-bond donors (Lipinski definition) is 3. The third-order valence-electron chi connectivity index (χ3n) is 5.28. The number of amides is 2. The van der Waals surface area contributed by atoms with E-state index in [-0.39, 0.29) is 11.8 Å². The number of aromatic nitrogens is 2. The van der Waals surface area contributed by atoms with Gasteiger partial charge in [-0.2, -0.15) is 5.10 Å². The minimum Gasteiger partial charge on any atom is -0.497 e. The Kier molecular flexibility index (Phi) is 8.02. The quantitative estimate of drug-likeness (QED) is 0.365. The van der Waals surface area contributed by atoms with Gasteiger partial charge in [0.25, 0.3) is 5.91 Å². The van der Waals surface area contributed by atoms with Gasteiger partial charge in [0.1, 0.15) is 5.75 Å². The van der Waals surface area contributed by atoms with E-state index < -0.39 is 0 Å². The molecule has 0 spiro atoms. The number of benzene rings is 2. The van der Waals surface area contributed by atoms with Gasteiger partial charge in [-0.3, -0.25) is 19.6 Å². The number of hydrogen-bond acceptors (Lipinski definition) is 5. The molecular weight excluding hydrogens is 432 g/mol. The van der Waals surface area contributed by atoms with E-state index in [1.165, 1.54) is 6.92 Å². The van der Waals surface area contributed by atoms with Crippen molar-refractivity contribution in [1.82, 2.24) is 15.1 Å². The Labute approximate surface area is 199 Å². The van der Waals surface area contributed by atoms with Gasteiger partial charge in [0.05, 0.1) is 19.3 Å². The van der Waals surface area contributed by atoms with Crippen LogP contribution in [0, 0.1) is 13.8 Å². The van der Waals surface area contributed by atoms with E-state index in [1.807, 2.05) is 49.7 Å². The van der Waals surface area contributed by atoms with E-state index in [4.69, 9.17) is 4.74 Å². The highest BCUT2D eigenvalue weighted by molar-refractivity contribution is 6.10. The van der Waals surface area contributed by atoms with Crippen molar-refractivity contribution in [2.24, 2.45) is 4.99 Å². The monoisotopic (exact) mass is 462 g/mol. The van der Waals surface area contributed by atoms with Crippen LogP contribution >= 0.6 is 0 Å². The molecule has 2 aromatic carbocycles. The Balaban J connectivity index is 1.83. The maximum absolute atomic E-state index is 12.9. The van der Waals surface area contributed by atoms with Gasteiger partial charge in [0.2, 0.25) is 11.9 Å². The number of aryl methyl sites for hydroxylation is 2. The third-order valence-corrected chi connectivity index (χ3v) is 5.28. The highest BCUT2D eigenvalue weighted by Crippen LogP contribution is 2.17. The first kappa shape index (κ1) is 24.5. The van der Waals surface area contributed by atoms with Crippen LogP contribution in [0.25, 0.3) is 0 Å². The lowest BCUT2D eigenvalue weighted by Gasteiger charge is -2.13. The molecular formula is C25H30N6O3. The van der Waals surface area contributed by atoms with E-state index in [2.05, 4.69) is 26.0 Å². The average molecular weight is 463 g/mol. The molecule has 0 saturated heterocycles. The fourth-order valence-electron chi connectivity index (χ4n) is 3.44.